The van der Waals surface area contributed by atoms with E-state index in [-0.39, 0.29) is 11.6 Å². The number of ether oxygens (including phenoxy) is 1. The molecule has 1 aromatic heterocycles. The molecule has 1 unspecified atom stereocenters. The third-order valence-electron chi connectivity index (χ3n) is 6.37. The van der Waals surface area contributed by atoms with Gasteiger partial charge in [-0.1, -0.05) is 42.5 Å². The molecule has 0 aliphatic carbocycles. The van der Waals surface area contributed by atoms with E-state index in [2.05, 4.69) is 20.4 Å². The van der Waals surface area contributed by atoms with E-state index in [0.717, 1.165) is 11.3 Å². The van der Waals surface area contributed by atoms with E-state index in [4.69, 9.17) is 4.74 Å². The number of benzene rings is 3. The molecule has 4 aromatic rings. The highest BCUT2D eigenvalue weighted by atomic mass is 19.1. The molecule has 5 rings (SSSR count). The van der Waals surface area contributed by atoms with Crippen molar-refractivity contribution in [2.45, 2.75) is 12.6 Å². The lowest BCUT2D eigenvalue weighted by molar-refractivity contribution is 0.197. The van der Waals surface area contributed by atoms with Gasteiger partial charge in [-0.25, -0.2) is 13.5 Å². The van der Waals surface area contributed by atoms with Crippen LogP contribution in [0.5, 0.6) is 5.75 Å². The number of hydrogen-bond acceptors (Lipinski definition) is 6. The van der Waals surface area contributed by atoms with Gasteiger partial charge in [0.15, 0.2) is 5.82 Å². The minimum Gasteiger partial charge on any atom is -0.497 e. The average Bonchev–Trinajstić information content (AvgIpc) is 3.34. The summed E-state index contributed by atoms with van der Waals surface area (Å²) in [5, 5.41) is 12.5. The minimum absolute atomic E-state index is 0.241. The predicted molar refractivity (Wildman–Crippen MR) is 128 cm³/mol. The number of rotatable bonds is 7. The molecule has 1 aliphatic heterocycles. The lowest BCUT2D eigenvalue weighted by Gasteiger charge is -2.40. The van der Waals surface area contributed by atoms with Crippen molar-refractivity contribution >= 4 is 5.69 Å². The van der Waals surface area contributed by atoms with E-state index < -0.39 is 6.04 Å². The molecule has 9 heteroatoms. The number of hydrogen-bond donors (Lipinski definition) is 0. The van der Waals surface area contributed by atoms with Crippen molar-refractivity contribution in [1.29, 1.82) is 0 Å². The number of piperazine rings is 1. The zero-order valence-corrected chi connectivity index (χ0v) is 19.4. The van der Waals surface area contributed by atoms with Gasteiger partial charge in [0, 0.05) is 31.7 Å². The molecular formula is C26H26F2N6O. The summed E-state index contributed by atoms with van der Waals surface area (Å²) in [5.41, 5.74) is 2.09. The van der Waals surface area contributed by atoms with Crippen molar-refractivity contribution in [2.75, 3.05) is 38.2 Å². The number of anilines is 1. The first-order chi connectivity index (χ1) is 17.1. The van der Waals surface area contributed by atoms with Crippen LogP contribution in [0.25, 0.3) is 0 Å². The lowest BCUT2D eigenvalue weighted by Crippen LogP contribution is -2.48. The number of halogens is 2. The molecule has 3 aromatic carbocycles. The fourth-order valence-electron chi connectivity index (χ4n) is 4.55. The van der Waals surface area contributed by atoms with Crippen LogP contribution in [0.3, 0.4) is 0 Å². The molecule has 1 fully saturated rings. The Labute approximate surface area is 202 Å². The molecule has 0 amide bonds. The monoisotopic (exact) mass is 476 g/mol. The summed E-state index contributed by atoms with van der Waals surface area (Å²) < 4.78 is 36.3. The van der Waals surface area contributed by atoms with Gasteiger partial charge in [-0.2, -0.15) is 0 Å². The van der Waals surface area contributed by atoms with Gasteiger partial charge >= 0.3 is 0 Å². The van der Waals surface area contributed by atoms with Gasteiger partial charge in [-0.05, 0) is 46.3 Å². The average molecular weight is 477 g/mol. The molecule has 7 nitrogen and oxygen atoms in total. The molecule has 35 heavy (non-hydrogen) atoms. The van der Waals surface area contributed by atoms with Gasteiger partial charge in [0.05, 0.1) is 19.3 Å². The van der Waals surface area contributed by atoms with Gasteiger partial charge in [0.2, 0.25) is 0 Å². The smallest absolute Gasteiger partial charge is 0.173 e. The summed E-state index contributed by atoms with van der Waals surface area (Å²) in [6, 6.07) is 20.7. The fraction of sp³-hybridized carbons (Fsp3) is 0.269. The van der Waals surface area contributed by atoms with Crippen molar-refractivity contribution in [2.24, 2.45) is 0 Å². The van der Waals surface area contributed by atoms with Crippen molar-refractivity contribution in [3.8, 4) is 5.75 Å². The number of para-hydroxylation sites is 1. The summed E-state index contributed by atoms with van der Waals surface area (Å²) in [6.07, 6.45) is 0. The Morgan fingerprint density at radius 3 is 2.23 bits per heavy atom. The van der Waals surface area contributed by atoms with Crippen molar-refractivity contribution < 1.29 is 13.5 Å². The first-order valence-electron chi connectivity index (χ1n) is 11.5. The predicted octanol–water partition coefficient (Wildman–Crippen LogP) is 3.92. The zero-order valence-electron chi connectivity index (χ0n) is 19.4. The van der Waals surface area contributed by atoms with Crippen LogP contribution in [-0.4, -0.2) is 58.4 Å². The molecular weight excluding hydrogens is 450 g/mol. The first kappa shape index (κ1) is 22.9. The Morgan fingerprint density at radius 1 is 0.857 bits per heavy atom. The third-order valence-corrected chi connectivity index (χ3v) is 6.37. The number of tetrazole rings is 1. The van der Waals surface area contributed by atoms with Crippen molar-refractivity contribution in [3.05, 3.63) is 101 Å². The summed E-state index contributed by atoms with van der Waals surface area (Å²) in [4.78, 5) is 4.18. The van der Waals surface area contributed by atoms with Crippen LogP contribution in [0.15, 0.2) is 72.8 Å². The van der Waals surface area contributed by atoms with E-state index in [1.165, 1.54) is 12.1 Å². The summed E-state index contributed by atoms with van der Waals surface area (Å²) in [5.74, 6) is 0.774. The molecule has 0 spiro atoms. The molecule has 0 N–H and O–H groups in total. The molecule has 180 valence electrons. The van der Waals surface area contributed by atoms with Crippen LogP contribution in [0.2, 0.25) is 0 Å². The van der Waals surface area contributed by atoms with Gasteiger partial charge in [-0.3, -0.25) is 4.90 Å². The Morgan fingerprint density at radius 2 is 1.54 bits per heavy atom. The number of aromatic nitrogens is 4. The molecule has 1 aliphatic rings. The Bertz CT molecular complexity index is 1270. The van der Waals surface area contributed by atoms with Crippen molar-refractivity contribution in [3.63, 3.8) is 0 Å². The maximum absolute atomic E-state index is 15.0. The molecule has 1 saturated heterocycles. The van der Waals surface area contributed by atoms with E-state index in [0.29, 0.717) is 49.8 Å². The van der Waals surface area contributed by atoms with E-state index in [1.807, 2.05) is 41.3 Å². The van der Waals surface area contributed by atoms with Crippen LogP contribution in [0.4, 0.5) is 14.5 Å². The van der Waals surface area contributed by atoms with Crippen LogP contribution >= 0.6 is 0 Å². The van der Waals surface area contributed by atoms with Gasteiger partial charge in [-0.15, -0.1) is 5.10 Å². The van der Waals surface area contributed by atoms with Gasteiger partial charge in [0.1, 0.15) is 23.4 Å². The molecule has 1 atom stereocenters. The Kier molecular flexibility index (Phi) is 6.67. The maximum atomic E-state index is 15.0. The topological polar surface area (TPSA) is 59.3 Å². The standard InChI is InChI=1S/C26H26F2N6O/c1-35-20-12-10-19(11-13-20)18-34-26(29-30-31-34)25(21-6-2-3-7-22(21)27)33-16-14-32(15-17-33)24-9-5-4-8-23(24)28/h2-13,25H,14-18H2,1H3. The summed E-state index contributed by atoms with van der Waals surface area (Å²) in [7, 11) is 1.62. The quantitative estimate of drug-likeness (QED) is 0.403. The molecule has 0 radical (unpaired) electrons. The zero-order chi connectivity index (χ0) is 24.2. The lowest BCUT2D eigenvalue weighted by atomic mass is 10.0. The first-order valence-corrected chi connectivity index (χ1v) is 11.5. The Balaban J connectivity index is 1.43. The third kappa shape index (κ3) is 4.85. The van der Waals surface area contributed by atoms with Crippen LogP contribution in [0, 0.1) is 11.6 Å². The number of nitrogens with zero attached hydrogens (tertiary/aromatic N) is 6. The molecule has 2 heterocycles. The number of methoxy groups -OCH3 is 1. The second kappa shape index (κ2) is 10.2. The Hall–Kier alpha value is -3.85. The fourth-order valence-corrected chi connectivity index (χ4v) is 4.55. The molecule has 0 saturated carbocycles. The second-order valence-electron chi connectivity index (χ2n) is 8.44. The second-order valence-corrected chi connectivity index (χ2v) is 8.44. The highest BCUT2D eigenvalue weighted by molar-refractivity contribution is 5.48. The van der Waals surface area contributed by atoms with E-state index in [9.17, 15) is 4.39 Å². The van der Waals surface area contributed by atoms with Crippen LogP contribution in [0.1, 0.15) is 23.0 Å². The summed E-state index contributed by atoms with van der Waals surface area (Å²) in [6.45, 7) is 2.84. The van der Waals surface area contributed by atoms with E-state index >= 15 is 4.39 Å². The van der Waals surface area contributed by atoms with Gasteiger partial charge < -0.3 is 9.64 Å². The molecule has 0 bridgehead atoms. The minimum atomic E-state index is -0.479. The SMILES string of the molecule is COc1ccc(Cn2nnnc2C(c2ccccc2F)N2CCN(c3ccccc3F)CC2)cc1. The largest absolute Gasteiger partial charge is 0.497 e. The van der Waals surface area contributed by atoms with Gasteiger partial charge in [0.25, 0.3) is 0 Å². The van der Waals surface area contributed by atoms with Crippen LogP contribution in [-0.2, 0) is 6.54 Å². The van der Waals surface area contributed by atoms with E-state index in [1.54, 1.807) is 36.1 Å². The highest BCUT2D eigenvalue weighted by Gasteiger charge is 2.32. The maximum Gasteiger partial charge on any atom is 0.173 e. The normalized spacial score (nSPS) is 15.2. The van der Waals surface area contributed by atoms with Crippen molar-refractivity contribution in [1.82, 2.24) is 25.1 Å². The highest BCUT2D eigenvalue weighted by Crippen LogP contribution is 2.31. The summed E-state index contributed by atoms with van der Waals surface area (Å²) >= 11 is 0. The van der Waals surface area contributed by atoms with Crippen LogP contribution < -0.4 is 9.64 Å².